The minimum absolute atomic E-state index is 0.0442. The van der Waals surface area contributed by atoms with E-state index in [1.165, 1.54) is 18.4 Å². The molecule has 9 heteroatoms. The number of methoxy groups -OCH3 is 1. The van der Waals surface area contributed by atoms with Gasteiger partial charge in [0.05, 0.1) is 30.9 Å². The maximum atomic E-state index is 11.7. The van der Waals surface area contributed by atoms with Gasteiger partial charge >= 0.3 is 6.16 Å². The molecule has 1 aromatic carbocycles. The average Bonchev–Trinajstić information content (AvgIpc) is 2.67. The molecule has 0 aliphatic carbocycles. The van der Waals surface area contributed by atoms with E-state index in [4.69, 9.17) is 14.2 Å². The monoisotopic (exact) mass is 373 g/mol. The Hall–Kier alpha value is -3.36. The highest BCUT2D eigenvalue weighted by molar-refractivity contribution is 5.96. The van der Waals surface area contributed by atoms with E-state index in [9.17, 15) is 14.9 Å². The Morgan fingerprint density at radius 1 is 1.33 bits per heavy atom. The molecule has 0 N–H and O–H groups in total. The number of benzene rings is 1. The molecule has 2 aliphatic heterocycles. The van der Waals surface area contributed by atoms with Crippen LogP contribution in [0.15, 0.2) is 53.3 Å². The fraction of sp³-hybridized carbons (Fsp3) is 0.333. The number of allylic oxidation sites excluding steroid dienone is 1. The van der Waals surface area contributed by atoms with Crippen LogP contribution in [0.3, 0.4) is 0 Å². The van der Waals surface area contributed by atoms with E-state index in [1.807, 2.05) is 12.1 Å². The van der Waals surface area contributed by atoms with Crippen molar-refractivity contribution < 1.29 is 23.9 Å². The van der Waals surface area contributed by atoms with Crippen molar-refractivity contribution in [2.45, 2.75) is 25.6 Å². The van der Waals surface area contributed by atoms with E-state index in [0.29, 0.717) is 18.0 Å². The summed E-state index contributed by atoms with van der Waals surface area (Å²) in [5.41, 5.74) is 0.840. The fourth-order valence-electron chi connectivity index (χ4n) is 2.93. The third-order valence-electron chi connectivity index (χ3n) is 4.18. The summed E-state index contributed by atoms with van der Waals surface area (Å²) in [6, 6.07) is 7.04. The molecule has 0 bridgehead atoms. The van der Waals surface area contributed by atoms with Crippen LogP contribution in [0.4, 0.5) is 4.79 Å². The molecule has 9 nitrogen and oxygen atoms in total. The molecule has 0 saturated carbocycles. The number of aliphatic imine (C=N–C) groups is 1. The van der Waals surface area contributed by atoms with Gasteiger partial charge in [-0.15, -0.1) is 0 Å². The lowest BCUT2D eigenvalue weighted by Crippen LogP contribution is -2.40. The number of carbonyl (C=O) groups excluding carboxylic acids is 1. The zero-order valence-corrected chi connectivity index (χ0v) is 14.9. The Bertz CT molecular complexity index is 815. The summed E-state index contributed by atoms with van der Waals surface area (Å²) < 4.78 is 15.3. The van der Waals surface area contributed by atoms with E-state index in [1.54, 1.807) is 31.1 Å². The van der Waals surface area contributed by atoms with E-state index < -0.39 is 17.3 Å². The van der Waals surface area contributed by atoms with Crippen LogP contribution in [-0.4, -0.2) is 41.8 Å². The topological polar surface area (TPSA) is 104 Å². The maximum Gasteiger partial charge on any atom is 0.510 e. The van der Waals surface area contributed by atoms with Gasteiger partial charge < -0.3 is 19.1 Å². The molecule has 2 aliphatic rings. The number of rotatable bonds is 5. The average molecular weight is 373 g/mol. The summed E-state index contributed by atoms with van der Waals surface area (Å²) in [6.07, 6.45) is 3.12. The molecule has 0 aromatic heterocycles. The van der Waals surface area contributed by atoms with Gasteiger partial charge in [-0.2, -0.15) is 0 Å². The Morgan fingerprint density at radius 3 is 2.70 bits per heavy atom. The lowest BCUT2D eigenvalue weighted by Gasteiger charge is -2.37. The SMILES string of the molecule is CCOC(=O)OC1CC(c2ccc(OC)cc2)N2C=C([N+](=O)[O-])C=CC2=N1. The molecule has 2 heterocycles. The number of carbonyl (C=O) groups is 1. The van der Waals surface area contributed by atoms with E-state index in [-0.39, 0.29) is 18.3 Å². The van der Waals surface area contributed by atoms with Gasteiger partial charge in [-0.3, -0.25) is 10.1 Å². The van der Waals surface area contributed by atoms with Crippen LogP contribution in [0.5, 0.6) is 5.75 Å². The zero-order valence-electron chi connectivity index (χ0n) is 14.9. The largest absolute Gasteiger partial charge is 0.510 e. The Labute approximate surface area is 155 Å². The molecule has 0 fully saturated rings. The second-order valence-electron chi connectivity index (χ2n) is 5.82. The van der Waals surface area contributed by atoms with Crippen LogP contribution in [0.1, 0.15) is 24.9 Å². The van der Waals surface area contributed by atoms with Gasteiger partial charge in [0.25, 0.3) is 5.70 Å². The highest BCUT2D eigenvalue weighted by atomic mass is 16.7. The number of hydrogen-bond donors (Lipinski definition) is 0. The van der Waals surface area contributed by atoms with E-state index in [0.717, 1.165) is 5.56 Å². The molecular formula is C18H19N3O6. The van der Waals surface area contributed by atoms with Crippen LogP contribution in [0, 0.1) is 10.1 Å². The van der Waals surface area contributed by atoms with Gasteiger partial charge in [-0.1, -0.05) is 12.1 Å². The molecule has 27 heavy (non-hydrogen) atoms. The molecule has 142 valence electrons. The van der Waals surface area contributed by atoms with E-state index in [2.05, 4.69) is 4.99 Å². The van der Waals surface area contributed by atoms with Gasteiger partial charge in [-0.05, 0) is 30.7 Å². The Balaban J connectivity index is 1.93. The van der Waals surface area contributed by atoms with Crippen LogP contribution < -0.4 is 4.74 Å². The summed E-state index contributed by atoms with van der Waals surface area (Å²) in [4.78, 5) is 28.5. The summed E-state index contributed by atoms with van der Waals surface area (Å²) in [7, 11) is 1.57. The van der Waals surface area contributed by atoms with Crippen LogP contribution in [0.25, 0.3) is 0 Å². The van der Waals surface area contributed by atoms with Gasteiger partial charge in [0, 0.05) is 12.5 Å². The first-order chi connectivity index (χ1) is 13.0. The number of nitro groups is 1. The number of nitrogens with zero attached hydrogens (tertiary/aromatic N) is 3. The normalized spacial score (nSPS) is 20.9. The molecule has 0 spiro atoms. The zero-order chi connectivity index (χ0) is 19.4. The molecule has 0 amide bonds. The first kappa shape index (κ1) is 18.4. The quantitative estimate of drug-likeness (QED) is 0.444. The lowest BCUT2D eigenvalue weighted by molar-refractivity contribution is -0.420. The minimum atomic E-state index is -0.796. The van der Waals surface area contributed by atoms with Crippen molar-refractivity contribution in [3.8, 4) is 5.75 Å². The number of ether oxygens (including phenoxy) is 3. The van der Waals surface area contributed by atoms with Gasteiger partial charge in [0.1, 0.15) is 11.6 Å². The predicted octanol–water partition coefficient (Wildman–Crippen LogP) is 3.03. The molecule has 1 aromatic rings. The molecule has 0 radical (unpaired) electrons. The first-order valence-corrected chi connectivity index (χ1v) is 8.39. The third kappa shape index (κ3) is 4.08. The molecule has 2 atom stereocenters. The smallest absolute Gasteiger partial charge is 0.497 e. The number of hydrogen-bond acceptors (Lipinski definition) is 8. The highest BCUT2D eigenvalue weighted by Crippen LogP contribution is 2.35. The molecule has 0 saturated heterocycles. The standard InChI is InChI=1S/C18H19N3O6/c1-3-26-18(22)27-17-10-15(12-4-7-14(25-2)8-5-12)20-11-13(21(23)24)6-9-16(20)19-17/h4-9,11,15,17H,3,10H2,1-2H3. The maximum absolute atomic E-state index is 11.7. The molecular weight excluding hydrogens is 354 g/mol. The van der Waals surface area contributed by atoms with Crippen LogP contribution >= 0.6 is 0 Å². The second-order valence-corrected chi connectivity index (χ2v) is 5.82. The van der Waals surface area contributed by atoms with Crippen molar-refractivity contribution in [2.75, 3.05) is 13.7 Å². The van der Waals surface area contributed by atoms with Crippen molar-refractivity contribution in [2.24, 2.45) is 4.99 Å². The summed E-state index contributed by atoms with van der Waals surface area (Å²) in [5.74, 6) is 1.17. The molecule has 3 rings (SSSR count). The van der Waals surface area contributed by atoms with Gasteiger partial charge in [0.15, 0.2) is 0 Å². The summed E-state index contributed by atoms with van der Waals surface area (Å²) >= 11 is 0. The minimum Gasteiger partial charge on any atom is -0.497 e. The first-order valence-electron chi connectivity index (χ1n) is 8.39. The summed E-state index contributed by atoms with van der Waals surface area (Å²) in [6.45, 7) is 1.88. The third-order valence-corrected chi connectivity index (χ3v) is 4.18. The predicted molar refractivity (Wildman–Crippen MR) is 95.7 cm³/mol. The highest BCUT2D eigenvalue weighted by Gasteiger charge is 2.35. The van der Waals surface area contributed by atoms with Crippen LogP contribution in [-0.2, 0) is 9.47 Å². The van der Waals surface area contributed by atoms with Crippen molar-refractivity contribution in [3.63, 3.8) is 0 Å². The van der Waals surface area contributed by atoms with Crippen LogP contribution in [0.2, 0.25) is 0 Å². The van der Waals surface area contributed by atoms with Crippen molar-refractivity contribution in [3.05, 3.63) is 64.0 Å². The van der Waals surface area contributed by atoms with E-state index >= 15 is 0 Å². The summed E-state index contributed by atoms with van der Waals surface area (Å²) in [5, 5.41) is 11.2. The lowest BCUT2D eigenvalue weighted by atomic mass is 9.98. The Kier molecular flexibility index (Phi) is 5.39. The number of fused-ring (bicyclic) bond motifs is 1. The van der Waals surface area contributed by atoms with Crippen molar-refractivity contribution >= 4 is 12.0 Å². The van der Waals surface area contributed by atoms with Gasteiger partial charge in [-0.25, -0.2) is 9.79 Å². The fourth-order valence-corrected chi connectivity index (χ4v) is 2.93. The van der Waals surface area contributed by atoms with Crippen molar-refractivity contribution in [1.29, 1.82) is 0 Å². The van der Waals surface area contributed by atoms with Crippen molar-refractivity contribution in [1.82, 2.24) is 4.90 Å². The van der Waals surface area contributed by atoms with Gasteiger partial charge in [0.2, 0.25) is 6.23 Å². The Morgan fingerprint density at radius 2 is 2.07 bits per heavy atom. The second kappa shape index (κ2) is 7.90. The number of amidine groups is 1. The molecule has 2 unspecified atom stereocenters.